The maximum atomic E-state index is 13.3. The second-order valence-corrected chi connectivity index (χ2v) is 8.09. The largest absolute Gasteiger partial charge is 0.494 e. The number of hydrogen-bond acceptors (Lipinski definition) is 5. The monoisotopic (exact) mass is 395 g/mol. The van der Waals surface area contributed by atoms with Crippen LogP contribution in [0.15, 0.2) is 47.8 Å². The van der Waals surface area contributed by atoms with Gasteiger partial charge in [0.15, 0.2) is 5.78 Å². The van der Waals surface area contributed by atoms with Crippen LogP contribution in [0.3, 0.4) is 0 Å². The van der Waals surface area contributed by atoms with E-state index in [0.717, 1.165) is 49.8 Å². The van der Waals surface area contributed by atoms with E-state index in [1.807, 2.05) is 31.2 Å². The summed E-state index contributed by atoms with van der Waals surface area (Å²) in [7, 11) is 0. The lowest BCUT2D eigenvalue weighted by atomic mass is 9.71. The van der Waals surface area contributed by atoms with E-state index in [2.05, 4.69) is 11.9 Å². The third kappa shape index (κ3) is 3.83. The molecule has 1 saturated carbocycles. The number of ketones is 1. The molecule has 0 saturated heterocycles. The Bertz CT molecular complexity index is 850. The van der Waals surface area contributed by atoms with Gasteiger partial charge in [0.1, 0.15) is 17.8 Å². The number of esters is 1. The van der Waals surface area contributed by atoms with Crippen LogP contribution in [0.2, 0.25) is 0 Å². The summed E-state index contributed by atoms with van der Waals surface area (Å²) < 4.78 is 11.7. The molecule has 2 unspecified atom stereocenters. The van der Waals surface area contributed by atoms with Crippen LogP contribution in [0.5, 0.6) is 5.75 Å². The van der Waals surface area contributed by atoms with Gasteiger partial charge in [0.05, 0.1) is 6.61 Å². The molecule has 29 heavy (non-hydrogen) atoms. The molecule has 1 heterocycles. The number of hydrogen-bond donors (Lipinski definition) is 1. The molecule has 0 radical (unpaired) electrons. The lowest BCUT2D eigenvalue weighted by Gasteiger charge is -2.39. The van der Waals surface area contributed by atoms with Gasteiger partial charge in [0, 0.05) is 34.9 Å². The summed E-state index contributed by atoms with van der Waals surface area (Å²) in [6.07, 6.45) is 6.07. The Labute approximate surface area is 172 Å². The second kappa shape index (κ2) is 8.44. The first-order valence-electron chi connectivity index (χ1n) is 10.7. The van der Waals surface area contributed by atoms with Gasteiger partial charge in [-0.15, -0.1) is 0 Å². The topological polar surface area (TPSA) is 64.6 Å². The quantitative estimate of drug-likeness (QED) is 0.749. The van der Waals surface area contributed by atoms with Crippen molar-refractivity contribution < 1.29 is 19.1 Å². The maximum Gasteiger partial charge on any atom is 0.316 e. The Balaban J connectivity index is 1.78. The average Bonchev–Trinajstić information content (AvgIpc) is 3.21. The molecule has 0 bridgehead atoms. The molecule has 4 rings (SSSR count). The predicted molar refractivity (Wildman–Crippen MR) is 110 cm³/mol. The highest BCUT2D eigenvalue weighted by Gasteiger charge is 2.45. The fourth-order valence-electron chi connectivity index (χ4n) is 4.88. The zero-order chi connectivity index (χ0) is 20.4. The predicted octanol–water partition coefficient (Wildman–Crippen LogP) is 4.39. The summed E-state index contributed by atoms with van der Waals surface area (Å²) in [6, 6.07) is 7.69. The summed E-state index contributed by atoms with van der Waals surface area (Å²) in [4.78, 5) is 26.3. The Kier molecular flexibility index (Phi) is 5.74. The molecule has 0 aromatic heterocycles. The third-order valence-electron chi connectivity index (χ3n) is 6.18. The van der Waals surface area contributed by atoms with Crippen LogP contribution in [0.1, 0.15) is 63.4 Å². The van der Waals surface area contributed by atoms with E-state index in [9.17, 15) is 9.59 Å². The zero-order valence-corrected chi connectivity index (χ0v) is 17.0. The molecule has 1 aromatic rings. The molecule has 0 spiro atoms. The van der Waals surface area contributed by atoms with Crippen molar-refractivity contribution in [3.63, 3.8) is 0 Å². The molecule has 1 fully saturated rings. The first-order chi connectivity index (χ1) is 14.1. The van der Waals surface area contributed by atoms with E-state index < -0.39 is 11.8 Å². The van der Waals surface area contributed by atoms with Crippen molar-refractivity contribution in [3.05, 3.63) is 53.4 Å². The van der Waals surface area contributed by atoms with Crippen LogP contribution in [0.4, 0.5) is 0 Å². The Hall–Kier alpha value is -2.56. The van der Waals surface area contributed by atoms with Crippen molar-refractivity contribution in [1.29, 1.82) is 0 Å². The number of carbonyl (C=O) groups is 2. The fraction of sp³-hybridized carbons (Fsp3) is 0.500. The number of allylic oxidation sites excluding steroid dienone is 2. The maximum absolute atomic E-state index is 13.3. The number of benzene rings is 1. The smallest absolute Gasteiger partial charge is 0.316 e. The average molecular weight is 395 g/mol. The summed E-state index contributed by atoms with van der Waals surface area (Å²) in [5.41, 5.74) is 3.06. The standard InChI is InChI=1S/C24H29NO4/c1-3-28-20-14-7-6-11-17(20)22-21(24(27)29-16-9-4-5-10-16)15(2)25-18-12-8-13-19(26)23(18)22/h6-7,11,14,16,21-22,25H,2-5,8-10,12-13H2,1H3. The van der Waals surface area contributed by atoms with Crippen LogP contribution < -0.4 is 10.1 Å². The summed E-state index contributed by atoms with van der Waals surface area (Å²) in [5, 5.41) is 3.28. The normalized spacial score (nSPS) is 24.9. The van der Waals surface area contributed by atoms with Gasteiger partial charge in [-0.2, -0.15) is 0 Å². The number of ether oxygens (including phenoxy) is 2. The zero-order valence-electron chi connectivity index (χ0n) is 17.0. The van der Waals surface area contributed by atoms with Crippen molar-refractivity contribution in [2.24, 2.45) is 5.92 Å². The third-order valence-corrected chi connectivity index (χ3v) is 6.18. The molecule has 1 aromatic carbocycles. The summed E-state index contributed by atoms with van der Waals surface area (Å²) in [6.45, 7) is 6.61. The summed E-state index contributed by atoms with van der Waals surface area (Å²) in [5.74, 6) is -0.559. The molecule has 5 nitrogen and oxygen atoms in total. The van der Waals surface area contributed by atoms with Crippen molar-refractivity contribution in [2.45, 2.75) is 63.9 Å². The van der Waals surface area contributed by atoms with E-state index in [4.69, 9.17) is 9.47 Å². The van der Waals surface area contributed by atoms with Gasteiger partial charge in [-0.1, -0.05) is 24.8 Å². The number of rotatable bonds is 5. The summed E-state index contributed by atoms with van der Waals surface area (Å²) >= 11 is 0. The van der Waals surface area contributed by atoms with Gasteiger partial charge in [-0.3, -0.25) is 9.59 Å². The van der Waals surface area contributed by atoms with Gasteiger partial charge in [0.25, 0.3) is 0 Å². The van der Waals surface area contributed by atoms with Crippen LogP contribution in [0, 0.1) is 5.92 Å². The Morgan fingerprint density at radius 1 is 1.17 bits per heavy atom. The minimum atomic E-state index is -0.641. The first kappa shape index (κ1) is 19.7. The lowest BCUT2D eigenvalue weighted by Crippen LogP contribution is -2.42. The van der Waals surface area contributed by atoms with Crippen LogP contribution in [0.25, 0.3) is 0 Å². The number of Topliss-reactive ketones (excluding diaryl/α,β-unsaturated/α-hetero) is 1. The molecular weight excluding hydrogens is 366 g/mol. The highest BCUT2D eigenvalue weighted by atomic mass is 16.5. The molecule has 2 aliphatic carbocycles. The fourth-order valence-corrected chi connectivity index (χ4v) is 4.88. The lowest BCUT2D eigenvalue weighted by molar-refractivity contribution is -0.153. The van der Waals surface area contributed by atoms with Gasteiger partial charge in [0.2, 0.25) is 0 Å². The Morgan fingerprint density at radius 3 is 2.69 bits per heavy atom. The van der Waals surface area contributed by atoms with Crippen molar-refractivity contribution >= 4 is 11.8 Å². The van der Waals surface area contributed by atoms with Gasteiger partial charge in [-0.25, -0.2) is 0 Å². The molecule has 3 aliphatic rings. The van der Waals surface area contributed by atoms with Crippen LogP contribution in [-0.2, 0) is 14.3 Å². The van der Waals surface area contributed by atoms with E-state index >= 15 is 0 Å². The molecule has 2 atom stereocenters. The highest BCUT2D eigenvalue weighted by molar-refractivity contribution is 6.00. The number of para-hydroxylation sites is 1. The Morgan fingerprint density at radius 2 is 1.93 bits per heavy atom. The van der Waals surface area contributed by atoms with Crippen LogP contribution in [-0.4, -0.2) is 24.5 Å². The molecular formula is C24H29NO4. The molecule has 1 aliphatic heterocycles. The van der Waals surface area contributed by atoms with E-state index in [1.54, 1.807) is 0 Å². The SMILES string of the molecule is C=C1NC2=C(C(=O)CCC2)C(c2ccccc2OCC)C1C(=O)OC1CCCC1. The van der Waals surface area contributed by atoms with Crippen molar-refractivity contribution in [1.82, 2.24) is 5.32 Å². The van der Waals surface area contributed by atoms with Crippen LogP contribution >= 0.6 is 0 Å². The minimum Gasteiger partial charge on any atom is -0.494 e. The first-order valence-corrected chi connectivity index (χ1v) is 10.7. The van der Waals surface area contributed by atoms with Gasteiger partial charge < -0.3 is 14.8 Å². The number of carbonyl (C=O) groups excluding carboxylic acids is 2. The molecule has 1 N–H and O–H groups in total. The van der Waals surface area contributed by atoms with E-state index in [-0.39, 0.29) is 17.9 Å². The second-order valence-electron chi connectivity index (χ2n) is 8.09. The van der Waals surface area contributed by atoms with E-state index in [1.165, 1.54) is 0 Å². The van der Waals surface area contributed by atoms with E-state index in [0.29, 0.717) is 30.0 Å². The highest BCUT2D eigenvalue weighted by Crippen LogP contribution is 2.47. The van der Waals surface area contributed by atoms with Gasteiger partial charge in [-0.05, 0) is 51.5 Å². The number of nitrogens with one attached hydrogen (secondary N) is 1. The van der Waals surface area contributed by atoms with Crippen molar-refractivity contribution in [2.75, 3.05) is 6.61 Å². The molecule has 5 heteroatoms. The molecule has 0 amide bonds. The molecule has 154 valence electrons. The van der Waals surface area contributed by atoms with Crippen molar-refractivity contribution in [3.8, 4) is 5.75 Å². The van der Waals surface area contributed by atoms with Gasteiger partial charge >= 0.3 is 5.97 Å². The minimum absolute atomic E-state index is 0.0319.